The first-order valence-electron chi connectivity index (χ1n) is 25.3. The maximum atomic E-state index is 2.80. The van der Waals surface area contributed by atoms with Crippen molar-refractivity contribution in [2.45, 2.75) is 181 Å². The second-order valence-electron chi connectivity index (χ2n) is 26.6. The highest BCUT2D eigenvalue weighted by Crippen LogP contribution is 2.62. The van der Waals surface area contributed by atoms with Crippen LogP contribution in [0.25, 0.3) is 0 Å². The summed E-state index contributed by atoms with van der Waals surface area (Å²) in [4.78, 5) is 5.50. The van der Waals surface area contributed by atoms with Crippen LogP contribution in [0.1, 0.15) is 180 Å². The molecule has 5 aliphatic carbocycles. The third-order valence-electron chi connectivity index (χ3n) is 17.7. The molecule has 5 aromatic rings. The van der Waals surface area contributed by atoms with Gasteiger partial charge in [0, 0.05) is 34.1 Å². The summed E-state index contributed by atoms with van der Waals surface area (Å²) < 4.78 is 0. The average molecular weight is 847 g/mol. The molecule has 3 heteroatoms. The van der Waals surface area contributed by atoms with Gasteiger partial charge in [0.25, 0.3) is 6.71 Å². The van der Waals surface area contributed by atoms with Crippen LogP contribution in [-0.2, 0) is 32.5 Å². The minimum absolute atomic E-state index is 0.00795. The number of benzene rings is 5. The Labute approximate surface area is 387 Å². The molecule has 0 radical (unpaired) electrons. The molecule has 5 aromatic carbocycles. The summed E-state index contributed by atoms with van der Waals surface area (Å²) in [6.45, 7) is 33.9. The maximum absolute atomic E-state index is 2.80. The number of nitrogens with zero attached hydrogens (tertiary/aromatic N) is 2. The number of hydrogen-bond acceptors (Lipinski definition) is 2. The minimum Gasteiger partial charge on any atom is -0.311 e. The third kappa shape index (κ3) is 6.54. The van der Waals surface area contributed by atoms with E-state index in [2.05, 4.69) is 192 Å². The highest BCUT2D eigenvalue weighted by molar-refractivity contribution is 7.00. The number of anilines is 6. The summed E-state index contributed by atoms with van der Waals surface area (Å²) in [5, 5.41) is 0. The van der Waals surface area contributed by atoms with E-state index in [1.165, 1.54) is 130 Å². The van der Waals surface area contributed by atoms with Gasteiger partial charge in [0.1, 0.15) is 0 Å². The molecule has 332 valence electrons. The lowest BCUT2D eigenvalue weighted by molar-refractivity contribution is -0.00514. The number of rotatable bonds is 3. The van der Waals surface area contributed by atoms with Gasteiger partial charge in [0.2, 0.25) is 0 Å². The maximum Gasteiger partial charge on any atom is 0.252 e. The van der Waals surface area contributed by atoms with Crippen molar-refractivity contribution in [1.82, 2.24) is 0 Å². The molecule has 4 fully saturated rings. The van der Waals surface area contributed by atoms with E-state index in [0.29, 0.717) is 0 Å². The van der Waals surface area contributed by atoms with Gasteiger partial charge < -0.3 is 9.80 Å². The largest absolute Gasteiger partial charge is 0.311 e. The molecular weight excluding hydrogens is 771 g/mol. The lowest BCUT2D eigenvalue weighted by atomic mass is 9.32. The summed E-state index contributed by atoms with van der Waals surface area (Å²) in [6, 6.07) is 35.6. The van der Waals surface area contributed by atoms with Gasteiger partial charge in [-0.15, -0.1) is 0 Å². The van der Waals surface area contributed by atoms with Crippen molar-refractivity contribution in [2.24, 2.45) is 17.8 Å². The van der Waals surface area contributed by atoms with E-state index in [4.69, 9.17) is 0 Å². The second-order valence-corrected chi connectivity index (χ2v) is 26.6. The Morgan fingerprint density at radius 3 is 1.48 bits per heavy atom. The SMILES string of the molecule is Cc1ccc2c(c1)B1c3cc4c(cc3N(c3cc(C(C)(C)C)cc(C(C)(C)C)c3)c3cc(C56CC7CC(CC(C7)C5)C6)cc(c31)N2c1ccc(C(C)(C)C)cc1)C(C)(C)CCC4(C)C. The van der Waals surface area contributed by atoms with Crippen LogP contribution in [0, 0.1) is 24.7 Å². The van der Waals surface area contributed by atoms with Crippen LogP contribution in [0.15, 0.2) is 84.9 Å². The first-order chi connectivity index (χ1) is 29.9. The van der Waals surface area contributed by atoms with Crippen LogP contribution in [0.5, 0.6) is 0 Å². The Hall–Kier alpha value is -4.24. The summed E-state index contributed by atoms with van der Waals surface area (Å²) in [5.41, 5.74) is 23.1. The Morgan fingerprint density at radius 2 is 0.969 bits per heavy atom. The Morgan fingerprint density at radius 1 is 0.484 bits per heavy atom. The Kier molecular flexibility index (Phi) is 9.06. The molecule has 64 heavy (non-hydrogen) atoms. The molecule has 0 spiro atoms. The number of fused-ring (bicyclic) bond motifs is 5. The fourth-order valence-corrected chi connectivity index (χ4v) is 14.2. The van der Waals surface area contributed by atoms with Crippen molar-refractivity contribution in [3.8, 4) is 0 Å². The van der Waals surface area contributed by atoms with Crippen molar-refractivity contribution in [3.63, 3.8) is 0 Å². The highest BCUT2D eigenvalue weighted by Gasteiger charge is 2.53. The molecule has 0 saturated heterocycles. The van der Waals surface area contributed by atoms with E-state index in [1.54, 1.807) is 11.1 Å². The Balaban J connectivity index is 1.28. The van der Waals surface area contributed by atoms with E-state index >= 15 is 0 Å². The van der Waals surface area contributed by atoms with E-state index in [1.807, 2.05) is 0 Å². The molecule has 0 amide bonds. The molecule has 2 nitrogen and oxygen atoms in total. The van der Waals surface area contributed by atoms with Gasteiger partial charge in [-0.05, 0) is 207 Å². The number of hydrogen-bond donors (Lipinski definition) is 0. The molecule has 12 rings (SSSR count). The molecule has 0 aromatic heterocycles. The summed E-state index contributed by atoms with van der Waals surface area (Å²) in [5.74, 6) is 2.59. The first kappa shape index (κ1) is 42.4. The highest BCUT2D eigenvalue weighted by atomic mass is 15.2. The smallest absolute Gasteiger partial charge is 0.252 e. The molecule has 4 saturated carbocycles. The molecule has 0 N–H and O–H groups in total. The van der Waals surface area contributed by atoms with Crippen molar-refractivity contribution in [1.29, 1.82) is 0 Å². The molecule has 2 heterocycles. The zero-order valence-electron chi connectivity index (χ0n) is 41.9. The van der Waals surface area contributed by atoms with Gasteiger partial charge in [-0.2, -0.15) is 0 Å². The third-order valence-corrected chi connectivity index (χ3v) is 17.7. The Bertz CT molecular complexity index is 2660. The van der Waals surface area contributed by atoms with Crippen molar-refractivity contribution in [3.05, 3.63) is 124 Å². The van der Waals surface area contributed by atoms with E-state index < -0.39 is 0 Å². The first-order valence-corrected chi connectivity index (χ1v) is 25.3. The average Bonchev–Trinajstić information content (AvgIpc) is 3.20. The van der Waals surface area contributed by atoms with E-state index in [-0.39, 0.29) is 39.2 Å². The molecule has 4 bridgehead atoms. The predicted octanol–water partition coefficient (Wildman–Crippen LogP) is 14.8. The topological polar surface area (TPSA) is 6.48 Å². The van der Waals surface area contributed by atoms with Crippen LogP contribution >= 0.6 is 0 Å². The van der Waals surface area contributed by atoms with Crippen molar-refractivity contribution in [2.75, 3.05) is 9.80 Å². The van der Waals surface area contributed by atoms with Crippen molar-refractivity contribution < 1.29 is 0 Å². The zero-order chi connectivity index (χ0) is 45.3. The van der Waals surface area contributed by atoms with Crippen LogP contribution in [0.3, 0.4) is 0 Å². The van der Waals surface area contributed by atoms with Crippen LogP contribution < -0.4 is 26.2 Å². The molecule has 7 aliphatic rings. The van der Waals surface area contributed by atoms with E-state index in [9.17, 15) is 0 Å². The summed E-state index contributed by atoms with van der Waals surface area (Å²) >= 11 is 0. The van der Waals surface area contributed by atoms with Crippen LogP contribution in [-0.4, -0.2) is 6.71 Å². The lowest BCUT2D eigenvalue weighted by Crippen LogP contribution is -2.62. The van der Waals surface area contributed by atoms with Crippen molar-refractivity contribution >= 4 is 57.2 Å². The summed E-state index contributed by atoms with van der Waals surface area (Å²) in [7, 11) is 0. The minimum atomic E-state index is -0.00795. The second kappa shape index (κ2) is 13.7. The fraction of sp³-hybridized carbons (Fsp3) is 0.508. The monoisotopic (exact) mass is 847 g/mol. The fourth-order valence-electron chi connectivity index (χ4n) is 14.2. The lowest BCUT2D eigenvalue weighted by Gasteiger charge is -2.57. The van der Waals surface area contributed by atoms with Gasteiger partial charge in [-0.1, -0.05) is 132 Å². The number of aryl methyl sites for hydroxylation is 1. The van der Waals surface area contributed by atoms with Gasteiger partial charge in [0.05, 0.1) is 0 Å². The quantitative estimate of drug-likeness (QED) is 0.164. The van der Waals surface area contributed by atoms with Gasteiger partial charge >= 0.3 is 0 Å². The molecule has 2 aliphatic heterocycles. The molecule has 0 atom stereocenters. The molecule has 0 unspecified atom stereocenters. The normalized spacial score (nSPS) is 24.9. The van der Waals surface area contributed by atoms with Crippen LogP contribution in [0.2, 0.25) is 0 Å². The molecular formula is C61H75BN2. The van der Waals surface area contributed by atoms with E-state index in [0.717, 1.165) is 17.8 Å². The standard InChI is InChI=1S/C61H75BN2/c1-37-15-20-51-49(23-37)62-50-32-47-48(60(13,14)22-21-59(47,11)12)33-52(50)64(46-28-42(57(5,6)7)27-43(29-46)58(8,9)10)54-31-44(61-34-38-24-39(35-61)26-40(25-38)36-61)30-53(55(54)62)63(51)45-18-16-41(17-19-45)56(2,3)4/h15-20,23,27-33,38-40H,21-22,24-26,34-36H2,1-14H3. The summed E-state index contributed by atoms with van der Waals surface area (Å²) in [6.07, 6.45) is 10.8. The predicted molar refractivity (Wildman–Crippen MR) is 276 cm³/mol. The van der Waals surface area contributed by atoms with Crippen LogP contribution in [0.4, 0.5) is 34.1 Å². The van der Waals surface area contributed by atoms with Gasteiger partial charge in [-0.3, -0.25) is 0 Å². The van der Waals surface area contributed by atoms with Gasteiger partial charge in [0.15, 0.2) is 0 Å². The zero-order valence-corrected chi connectivity index (χ0v) is 41.9. The van der Waals surface area contributed by atoms with Gasteiger partial charge in [-0.25, -0.2) is 0 Å².